The molecule has 2 aromatic heterocycles. The van der Waals surface area contributed by atoms with E-state index in [2.05, 4.69) is 20.0 Å². The molecular formula is C17H17ClFN5O. The Morgan fingerprint density at radius 2 is 1.88 bits per heavy atom. The summed E-state index contributed by atoms with van der Waals surface area (Å²) in [6.07, 6.45) is 0. The molecule has 1 aliphatic rings. The Morgan fingerprint density at radius 3 is 2.60 bits per heavy atom. The van der Waals surface area contributed by atoms with Gasteiger partial charge in [-0.1, -0.05) is 24.3 Å². The van der Waals surface area contributed by atoms with Crippen molar-refractivity contribution in [2.24, 2.45) is 0 Å². The largest absolute Gasteiger partial charge is 0.379 e. The number of ether oxygens (including phenoxy) is 1. The summed E-state index contributed by atoms with van der Waals surface area (Å²) < 4.78 is 19.5. The highest BCUT2D eigenvalue weighted by molar-refractivity contribution is 6.28. The first-order valence-corrected chi connectivity index (χ1v) is 8.48. The van der Waals surface area contributed by atoms with Crippen LogP contribution in [0.5, 0.6) is 0 Å². The molecule has 3 aromatic rings. The molecule has 0 radical (unpaired) electrons. The van der Waals surface area contributed by atoms with Crippen molar-refractivity contribution in [3.8, 4) is 11.3 Å². The summed E-state index contributed by atoms with van der Waals surface area (Å²) in [5.41, 5.74) is 2.83. The molecule has 0 unspecified atom stereocenters. The summed E-state index contributed by atoms with van der Waals surface area (Å²) in [6, 6.07) is 8.97. The monoisotopic (exact) mass is 361 g/mol. The fourth-order valence-corrected chi connectivity index (χ4v) is 3.05. The molecule has 0 N–H and O–H groups in total. The van der Waals surface area contributed by atoms with Gasteiger partial charge in [-0.2, -0.15) is 4.52 Å². The van der Waals surface area contributed by atoms with Crippen LogP contribution in [0, 0.1) is 0 Å². The summed E-state index contributed by atoms with van der Waals surface area (Å²) in [6.45, 7) is 3.37. The molecule has 1 fully saturated rings. The second-order valence-electron chi connectivity index (χ2n) is 5.93. The lowest BCUT2D eigenvalue weighted by molar-refractivity contribution is 0.0331. The number of nitrogens with zero attached hydrogens (tertiary/aromatic N) is 5. The Labute approximate surface area is 149 Å². The molecule has 6 nitrogen and oxygen atoms in total. The maximum atomic E-state index is 12.7. The molecule has 8 heteroatoms. The van der Waals surface area contributed by atoms with Gasteiger partial charge in [-0.3, -0.25) is 4.90 Å². The zero-order valence-corrected chi connectivity index (χ0v) is 14.3. The lowest BCUT2D eigenvalue weighted by atomic mass is 10.1. The van der Waals surface area contributed by atoms with Crippen LogP contribution >= 0.6 is 11.6 Å². The summed E-state index contributed by atoms with van der Waals surface area (Å²) >= 11 is 6.28. The van der Waals surface area contributed by atoms with Gasteiger partial charge in [0.15, 0.2) is 11.5 Å². The Bertz CT molecular complexity index is 877. The van der Waals surface area contributed by atoms with E-state index in [4.69, 9.17) is 16.3 Å². The first kappa shape index (κ1) is 16.4. The van der Waals surface area contributed by atoms with Gasteiger partial charge in [0.2, 0.25) is 5.28 Å². The summed E-state index contributed by atoms with van der Waals surface area (Å²) in [5.74, 6) is 0.704. The molecular weight excluding hydrogens is 345 g/mol. The second kappa shape index (κ2) is 7.03. The quantitative estimate of drug-likeness (QED) is 0.669. The molecule has 1 aromatic carbocycles. The van der Waals surface area contributed by atoms with E-state index in [1.54, 1.807) is 12.1 Å². The van der Waals surface area contributed by atoms with Gasteiger partial charge in [0, 0.05) is 24.7 Å². The Hall–Kier alpha value is -2.09. The molecule has 130 valence electrons. The number of morpholine rings is 1. The van der Waals surface area contributed by atoms with Gasteiger partial charge in [0.1, 0.15) is 6.67 Å². The normalized spacial score (nSPS) is 15.8. The highest BCUT2D eigenvalue weighted by atomic mass is 35.5. The third-order valence-electron chi connectivity index (χ3n) is 4.20. The highest BCUT2D eigenvalue weighted by Gasteiger charge is 2.15. The predicted octanol–water partition coefficient (Wildman–Crippen LogP) is 2.75. The van der Waals surface area contributed by atoms with Crippen LogP contribution in [-0.2, 0) is 18.0 Å². The van der Waals surface area contributed by atoms with Crippen molar-refractivity contribution < 1.29 is 9.13 Å². The van der Waals surface area contributed by atoms with E-state index in [-0.39, 0.29) is 5.28 Å². The molecule has 0 atom stereocenters. The smallest absolute Gasteiger partial charge is 0.226 e. The fraction of sp³-hybridized carbons (Fsp3) is 0.353. The Balaban J connectivity index is 1.64. The third kappa shape index (κ3) is 3.49. The fourth-order valence-electron chi connectivity index (χ4n) is 2.84. The molecule has 1 saturated heterocycles. The molecule has 0 saturated carbocycles. The molecule has 0 aliphatic carbocycles. The Kier molecular flexibility index (Phi) is 4.61. The lowest BCUT2D eigenvalue weighted by Crippen LogP contribution is -2.35. The number of halogens is 2. The molecule has 1 aliphatic heterocycles. The molecule has 0 spiro atoms. The van der Waals surface area contributed by atoms with Gasteiger partial charge in [-0.15, -0.1) is 5.10 Å². The van der Waals surface area contributed by atoms with E-state index in [1.165, 1.54) is 4.52 Å². The van der Waals surface area contributed by atoms with Gasteiger partial charge in [-0.25, -0.2) is 14.4 Å². The maximum Gasteiger partial charge on any atom is 0.226 e. The molecule has 0 bridgehead atoms. The average molecular weight is 362 g/mol. The second-order valence-corrected chi connectivity index (χ2v) is 6.27. The maximum absolute atomic E-state index is 12.7. The van der Waals surface area contributed by atoms with Crippen LogP contribution in [0.4, 0.5) is 4.39 Å². The van der Waals surface area contributed by atoms with Crippen molar-refractivity contribution in [1.29, 1.82) is 0 Å². The standard InChI is InChI=1S/C17H17ClFN5O/c18-17-20-14(13-3-1-12(10-19)2-4-13)9-16-21-15(22-24(16)17)11-23-5-7-25-8-6-23/h1-4,9H,5-8,10-11H2. The van der Waals surface area contributed by atoms with Crippen molar-refractivity contribution in [2.75, 3.05) is 26.3 Å². The summed E-state index contributed by atoms with van der Waals surface area (Å²) in [4.78, 5) is 11.2. The van der Waals surface area contributed by atoms with Crippen molar-refractivity contribution in [3.63, 3.8) is 0 Å². The summed E-state index contributed by atoms with van der Waals surface area (Å²) in [5, 5.41) is 4.70. The van der Waals surface area contributed by atoms with Crippen molar-refractivity contribution in [2.45, 2.75) is 13.2 Å². The van der Waals surface area contributed by atoms with Crippen LogP contribution in [0.15, 0.2) is 30.3 Å². The third-order valence-corrected chi connectivity index (χ3v) is 4.45. The number of rotatable bonds is 4. The van der Waals surface area contributed by atoms with E-state index in [9.17, 15) is 4.39 Å². The molecule has 25 heavy (non-hydrogen) atoms. The first-order valence-electron chi connectivity index (χ1n) is 8.10. The van der Waals surface area contributed by atoms with Crippen LogP contribution < -0.4 is 0 Å². The first-order chi connectivity index (χ1) is 12.2. The average Bonchev–Trinajstić information content (AvgIpc) is 3.05. The number of aromatic nitrogens is 4. The Morgan fingerprint density at radius 1 is 1.12 bits per heavy atom. The number of hydrogen-bond acceptors (Lipinski definition) is 5. The lowest BCUT2D eigenvalue weighted by Gasteiger charge is -2.25. The summed E-state index contributed by atoms with van der Waals surface area (Å²) in [7, 11) is 0. The highest BCUT2D eigenvalue weighted by Crippen LogP contribution is 2.22. The van der Waals surface area contributed by atoms with Crippen molar-refractivity contribution in [1.82, 2.24) is 24.5 Å². The van der Waals surface area contributed by atoms with Crippen LogP contribution in [0.3, 0.4) is 0 Å². The van der Waals surface area contributed by atoms with Crippen molar-refractivity contribution in [3.05, 3.63) is 47.0 Å². The van der Waals surface area contributed by atoms with Gasteiger partial charge in [0.25, 0.3) is 0 Å². The number of fused-ring (bicyclic) bond motifs is 1. The van der Waals surface area contributed by atoms with Gasteiger partial charge < -0.3 is 4.74 Å². The zero-order valence-electron chi connectivity index (χ0n) is 13.5. The number of alkyl halides is 1. The number of hydrogen-bond donors (Lipinski definition) is 0. The molecule has 4 rings (SSSR count). The zero-order chi connectivity index (χ0) is 17.2. The minimum Gasteiger partial charge on any atom is -0.379 e. The minimum atomic E-state index is -0.484. The van der Waals surface area contributed by atoms with Crippen LogP contribution in [0.2, 0.25) is 5.28 Å². The SMILES string of the molecule is FCc1ccc(-c2cc3nc(CN4CCOCC4)nn3c(Cl)n2)cc1. The van der Waals surface area contributed by atoms with E-state index in [0.29, 0.717) is 29.3 Å². The van der Waals surface area contributed by atoms with Crippen LogP contribution in [-0.4, -0.2) is 50.8 Å². The predicted molar refractivity (Wildman–Crippen MR) is 92.1 cm³/mol. The minimum absolute atomic E-state index is 0.253. The van der Waals surface area contributed by atoms with E-state index in [1.807, 2.05) is 18.2 Å². The van der Waals surface area contributed by atoms with Crippen LogP contribution in [0.25, 0.3) is 16.9 Å². The number of benzene rings is 1. The topological polar surface area (TPSA) is 55.5 Å². The van der Waals surface area contributed by atoms with Gasteiger partial charge in [-0.05, 0) is 17.2 Å². The van der Waals surface area contributed by atoms with Gasteiger partial charge in [0.05, 0.1) is 25.5 Å². The van der Waals surface area contributed by atoms with E-state index in [0.717, 1.165) is 31.9 Å². The van der Waals surface area contributed by atoms with E-state index >= 15 is 0 Å². The van der Waals surface area contributed by atoms with Crippen LogP contribution in [0.1, 0.15) is 11.4 Å². The molecule has 3 heterocycles. The van der Waals surface area contributed by atoms with Crippen molar-refractivity contribution >= 4 is 17.2 Å². The molecule has 0 amide bonds. The van der Waals surface area contributed by atoms with Gasteiger partial charge >= 0.3 is 0 Å². The van der Waals surface area contributed by atoms with E-state index < -0.39 is 6.67 Å².